The highest BCUT2D eigenvalue weighted by atomic mass is 35.5. The van der Waals surface area contributed by atoms with Crippen LogP contribution in [-0.4, -0.2) is 19.4 Å². The topological polar surface area (TPSA) is 53.3 Å². The summed E-state index contributed by atoms with van der Waals surface area (Å²) in [5.74, 6) is -0.759. The van der Waals surface area contributed by atoms with Gasteiger partial charge < -0.3 is 9.64 Å². The Labute approximate surface area is 153 Å². The summed E-state index contributed by atoms with van der Waals surface area (Å²) in [5.41, 5.74) is 0.964. The fraction of sp³-hybridized carbons (Fsp3) is 0.111. The standard InChI is InChI=1S/C18H12ClFN2O2S/c1-22-15-4-2-3-5-17(15)25-18(22)12(9-21)16(23)10-24-11-6-7-14(20)13(19)8-11/h2-8H,10H2,1H3/b18-12-. The van der Waals surface area contributed by atoms with Gasteiger partial charge in [-0.3, -0.25) is 4.79 Å². The Kier molecular flexibility index (Phi) is 4.98. The molecule has 0 radical (unpaired) electrons. The SMILES string of the molecule is CN1/C(=C(\C#N)C(=O)COc2ccc(F)c(Cl)c2)Sc2ccccc21. The maximum atomic E-state index is 13.1. The summed E-state index contributed by atoms with van der Waals surface area (Å²) < 4.78 is 18.5. The number of ether oxygens (including phenoxy) is 1. The Morgan fingerprint density at radius 2 is 2.12 bits per heavy atom. The van der Waals surface area contributed by atoms with Gasteiger partial charge in [0.1, 0.15) is 28.2 Å². The van der Waals surface area contributed by atoms with Gasteiger partial charge in [-0.2, -0.15) is 5.26 Å². The number of benzene rings is 2. The second kappa shape index (κ2) is 7.18. The van der Waals surface area contributed by atoms with Crippen LogP contribution in [0.25, 0.3) is 0 Å². The molecular weight excluding hydrogens is 363 g/mol. The summed E-state index contributed by atoms with van der Waals surface area (Å²) in [6.07, 6.45) is 0. The molecule has 0 bridgehead atoms. The van der Waals surface area contributed by atoms with Crippen LogP contribution in [0, 0.1) is 17.1 Å². The largest absolute Gasteiger partial charge is 0.485 e. The maximum Gasteiger partial charge on any atom is 0.213 e. The van der Waals surface area contributed by atoms with Crippen LogP contribution in [0.4, 0.5) is 10.1 Å². The fourth-order valence-corrected chi connectivity index (χ4v) is 3.67. The highest BCUT2D eigenvalue weighted by Crippen LogP contribution is 2.46. The Balaban J connectivity index is 1.78. The van der Waals surface area contributed by atoms with Crippen molar-refractivity contribution in [1.29, 1.82) is 5.26 Å². The number of halogens is 2. The smallest absolute Gasteiger partial charge is 0.213 e. The summed E-state index contributed by atoms with van der Waals surface area (Å²) in [4.78, 5) is 15.2. The molecule has 126 valence electrons. The molecule has 0 saturated carbocycles. The number of nitriles is 1. The molecule has 0 saturated heterocycles. The third-order valence-corrected chi connectivity index (χ3v) is 5.13. The highest BCUT2D eigenvalue weighted by molar-refractivity contribution is 8.03. The molecule has 0 atom stereocenters. The number of Topliss-reactive ketones (excluding diaryl/α,β-unsaturated/α-hetero) is 1. The number of nitrogens with zero attached hydrogens (tertiary/aromatic N) is 2. The van der Waals surface area contributed by atoms with Gasteiger partial charge in [0, 0.05) is 18.0 Å². The molecule has 2 aromatic rings. The molecule has 2 aromatic carbocycles. The number of para-hydroxylation sites is 1. The van der Waals surface area contributed by atoms with Crippen LogP contribution in [0.1, 0.15) is 0 Å². The summed E-state index contributed by atoms with van der Waals surface area (Å²) in [7, 11) is 1.80. The monoisotopic (exact) mass is 374 g/mol. The highest BCUT2D eigenvalue weighted by Gasteiger charge is 2.28. The van der Waals surface area contributed by atoms with E-state index in [-0.39, 0.29) is 23.0 Å². The first-order valence-electron chi connectivity index (χ1n) is 7.27. The van der Waals surface area contributed by atoms with E-state index in [4.69, 9.17) is 16.3 Å². The Morgan fingerprint density at radius 1 is 1.36 bits per heavy atom. The van der Waals surface area contributed by atoms with Crippen LogP contribution in [0.2, 0.25) is 5.02 Å². The van der Waals surface area contributed by atoms with Crippen molar-refractivity contribution in [3.05, 3.63) is 63.9 Å². The molecule has 0 aliphatic carbocycles. The van der Waals surface area contributed by atoms with E-state index in [0.29, 0.717) is 5.03 Å². The molecule has 0 amide bonds. The van der Waals surface area contributed by atoms with Gasteiger partial charge in [-0.15, -0.1) is 0 Å². The van der Waals surface area contributed by atoms with Gasteiger partial charge in [0.25, 0.3) is 0 Å². The van der Waals surface area contributed by atoms with Crippen molar-refractivity contribution in [2.45, 2.75) is 4.90 Å². The van der Waals surface area contributed by atoms with Gasteiger partial charge in [0.15, 0.2) is 6.61 Å². The van der Waals surface area contributed by atoms with E-state index in [1.165, 1.54) is 23.9 Å². The van der Waals surface area contributed by atoms with Crippen LogP contribution in [-0.2, 0) is 4.79 Å². The first-order chi connectivity index (χ1) is 12.0. The first kappa shape index (κ1) is 17.3. The average Bonchev–Trinajstić information content (AvgIpc) is 2.94. The maximum absolute atomic E-state index is 13.1. The third-order valence-electron chi connectivity index (χ3n) is 3.60. The summed E-state index contributed by atoms with van der Waals surface area (Å²) in [6, 6.07) is 13.4. The zero-order valence-electron chi connectivity index (χ0n) is 13.1. The fourth-order valence-electron chi connectivity index (χ4n) is 2.34. The van der Waals surface area contributed by atoms with Crippen LogP contribution in [0.5, 0.6) is 5.75 Å². The zero-order valence-corrected chi connectivity index (χ0v) is 14.7. The Bertz CT molecular complexity index is 924. The average molecular weight is 375 g/mol. The van der Waals surface area contributed by atoms with E-state index < -0.39 is 11.6 Å². The summed E-state index contributed by atoms with van der Waals surface area (Å²) >= 11 is 7.05. The minimum absolute atomic E-state index is 0.0249. The lowest BCUT2D eigenvalue weighted by Gasteiger charge is -2.15. The number of carbonyl (C=O) groups excluding carboxylic acids is 1. The van der Waals surface area contributed by atoms with E-state index >= 15 is 0 Å². The van der Waals surface area contributed by atoms with Crippen molar-refractivity contribution in [2.24, 2.45) is 0 Å². The van der Waals surface area contributed by atoms with Crippen LogP contribution >= 0.6 is 23.4 Å². The van der Waals surface area contributed by atoms with E-state index in [1.807, 2.05) is 35.2 Å². The normalized spacial score (nSPS) is 14.7. The lowest BCUT2D eigenvalue weighted by molar-refractivity contribution is -0.117. The second-order valence-corrected chi connectivity index (χ2v) is 6.65. The summed E-state index contributed by atoms with van der Waals surface area (Å²) in [6.45, 7) is -0.334. The minimum atomic E-state index is -0.568. The lowest BCUT2D eigenvalue weighted by atomic mass is 10.2. The van der Waals surface area contributed by atoms with Gasteiger partial charge in [-0.1, -0.05) is 35.5 Å². The molecule has 1 heterocycles. The molecular formula is C18H12ClFN2O2S. The van der Waals surface area contributed by atoms with Crippen molar-refractivity contribution in [3.8, 4) is 11.8 Å². The molecule has 4 nitrogen and oxygen atoms in total. The van der Waals surface area contributed by atoms with Crippen molar-refractivity contribution in [1.82, 2.24) is 0 Å². The predicted octanol–water partition coefficient (Wildman–Crippen LogP) is 4.40. The molecule has 1 aliphatic heterocycles. The number of hydrogen-bond acceptors (Lipinski definition) is 5. The van der Waals surface area contributed by atoms with Gasteiger partial charge in [-0.25, -0.2) is 4.39 Å². The van der Waals surface area contributed by atoms with E-state index in [9.17, 15) is 14.4 Å². The number of hydrogen-bond donors (Lipinski definition) is 0. The third kappa shape index (κ3) is 3.48. The second-order valence-electron chi connectivity index (χ2n) is 5.21. The molecule has 25 heavy (non-hydrogen) atoms. The number of carbonyl (C=O) groups is 1. The van der Waals surface area contributed by atoms with E-state index in [0.717, 1.165) is 16.6 Å². The lowest BCUT2D eigenvalue weighted by Crippen LogP contribution is -2.19. The Hall–Kier alpha value is -2.49. The number of thioether (sulfide) groups is 1. The zero-order chi connectivity index (χ0) is 18.0. The molecule has 0 fully saturated rings. The molecule has 0 N–H and O–H groups in total. The van der Waals surface area contributed by atoms with Crippen LogP contribution in [0.3, 0.4) is 0 Å². The minimum Gasteiger partial charge on any atom is -0.485 e. The van der Waals surface area contributed by atoms with Gasteiger partial charge in [0.2, 0.25) is 5.78 Å². The van der Waals surface area contributed by atoms with Gasteiger partial charge in [0.05, 0.1) is 10.7 Å². The van der Waals surface area contributed by atoms with E-state index in [1.54, 1.807) is 7.05 Å². The quantitative estimate of drug-likeness (QED) is 0.586. The molecule has 1 aliphatic rings. The predicted molar refractivity (Wildman–Crippen MR) is 95.3 cm³/mol. The number of rotatable bonds is 4. The van der Waals surface area contributed by atoms with Crippen molar-refractivity contribution in [3.63, 3.8) is 0 Å². The van der Waals surface area contributed by atoms with Crippen molar-refractivity contribution >= 4 is 34.8 Å². The van der Waals surface area contributed by atoms with Gasteiger partial charge >= 0.3 is 0 Å². The van der Waals surface area contributed by atoms with E-state index in [2.05, 4.69) is 0 Å². The van der Waals surface area contributed by atoms with Crippen molar-refractivity contribution in [2.75, 3.05) is 18.6 Å². The van der Waals surface area contributed by atoms with Crippen LogP contribution < -0.4 is 9.64 Å². The Morgan fingerprint density at radius 3 is 2.80 bits per heavy atom. The number of ketones is 1. The number of anilines is 1. The summed E-state index contributed by atoms with van der Waals surface area (Å²) in [5, 5.41) is 9.91. The van der Waals surface area contributed by atoms with Gasteiger partial charge in [-0.05, 0) is 24.3 Å². The van der Waals surface area contributed by atoms with Crippen LogP contribution in [0.15, 0.2) is 58.0 Å². The van der Waals surface area contributed by atoms with Crippen molar-refractivity contribution < 1.29 is 13.9 Å². The molecule has 3 rings (SSSR count). The molecule has 0 unspecified atom stereocenters. The molecule has 0 spiro atoms. The molecule has 7 heteroatoms. The molecule has 0 aromatic heterocycles. The number of fused-ring (bicyclic) bond motifs is 1. The first-order valence-corrected chi connectivity index (χ1v) is 8.46.